The molecule has 1 amide bonds. The van der Waals surface area contributed by atoms with Crippen LogP contribution in [0.15, 0.2) is 60.7 Å². The monoisotopic (exact) mass is 515 g/mol. The summed E-state index contributed by atoms with van der Waals surface area (Å²) in [7, 11) is 0. The van der Waals surface area contributed by atoms with Crippen molar-refractivity contribution >= 4 is 17.6 Å². The van der Waals surface area contributed by atoms with E-state index < -0.39 is 29.5 Å². The van der Waals surface area contributed by atoms with E-state index in [1.807, 2.05) is 30.3 Å². The number of benzene rings is 3. The lowest BCUT2D eigenvalue weighted by atomic mass is 10.00. The summed E-state index contributed by atoms with van der Waals surface area (Å²) in [5.74, 6) is -2.07. The number of aliphatic carboxylic acids is 1. The summed E-state index contributed by atoms with van der Waals surface area (Å²) in [5, 5.41) is 11.6. The number of aryl methyl sites for hydroxylation is 2. The second-order valence-corrected chi connectivity index (χ2v) is 9.06. The number of anilines is 1. The van der Waals surface area contributed by atoms with Crippen molar-refractivity contribution < 1.29 is 38.1 Å². The number of carboxylic acids is 1. The maximum atomic E-state index is 13.6. The van der Waals surface area contributed by atoms with Crippen LogP contribution in [0.2, 0.25) is 0 Å². The fourth-order valence-electron chi connectivity index (χ4n) is 4.46. The molecule has 0 saturated heterocycles. The van der Waals surface area contributed by atoms with Crippen LogP contribution in [0.5, 0.6) is 5.75 Å². The number of amides is 1. The van der Waals surface area contributed by atoms with Gasteiger partial charge in [0.15, 0.2) is 0 Å². The average Bonchev–Trinajstić information content (AvgIpc) is 3.60. The molecule has 1 aliphatic rings. The zero-order chi connectivity index (χ0) is 26.0. The predicted molar refractivity (Wildman–Crippen MR) is 133 cm³/mol. The molecule has 37 heavy (non-hydrogen) atoms. The standard InChI is InChI=1S/C28H26F3NO4.H2O/c1-16-12-20(36-11-10-18-6-4-3-5-7-18)13-17(2)25(16)26(33)32-24-14-19(21-15-22(21)27(34)35)8-9-23(24)28(29,30)31;/h3-9,12-14,21-22H,10-11,15H2,1-2H3,(H,32,33)(H,34,35);1H2/t21-,22-;/m1./s1. The van der Waals surface area contributed by atoms with E-state index in [1.165, 1.54) is 12.1 Å². The van der Waals surface area contributed by atoms with Gasteiger partial charge in [0.05, 0.1) is 23.8 Å². The molecule has 2 atom stereocenters. The molecule has 1 fully saturated rings. The SMILES string of the molecule is Cc1cc(OCCc2ccccc2)cc(C)c1C(=O)Nc1cc([C@H]2C[C@H]2C(=O)O)ccc1C(F)(F)F.O. The first-order valence-electron chi connectivity index (χ1n) is 11.6. The van der Waals surface area contributed by atoms with Gasteiger partial charge in [0, 0.05) is 12.0 Å². The van der Waals surface area contributed by atoms with Gasteiger partial charge in [-0.05, 0) is 72.7 Å². The molecule has 0 aromatic heterocycles. The molecule has 196 valence electrons. The van der Waals surface area contributed by atoms with Gasteiger partial charge in [-0.1, -0.05) is 36.4 Å². The van der Waals surface area contributed by atoms with Crippen molar-refractivity contribution in [1.82, 2.24) is 0 Å². The number of hydrogen-bond donors (Lipinski definition) is 2. The van der Waals surface area contributed by atoms with Crippen LogP contribution in [0.3, 0.4) is 0 Å². The Morgan fingerprint density at radius 3 is 2.24 bits per heavy atom. The topological polar surface area (TPSA) is 107 Å². The van der Waals surface area contributed by atoms with Crippen LogP contribution in [0.4, 0.5) is 18.9 Å². The van der Waals surface area contributed by atoms with E-state index in [9.17, 15) is 22.8 Å². The molecule has 0 spiro atoms. The van der Waals surface area contributed by atoms with Gasteiger partial charge in [0.25, 0.3) is 5.91 Å². The van der Waals surface area contributed by atoms with Crippen molar-refractivity contribution in [2.24, 2.45) is 5.92 Å². The van der Waals surface area contributed by atoms with Gasteiger partial charge >= 0.3 is 12.1 Å². The number of carboxylic acid groups (broad SMARTS) is 1. The third-order valence-corrected chi connectivity index (χ3v) is 6.37. The van der Waals surface area contributed by atoms with Gasteiger partial charge in [-0.3, -0.25) is 9.59 Å². The third kappa shape index (κ3) is 6.48. The number of nitrogens with one attached hydrogen (secondary N) is 1. The summed E-state index contributed by atoms with van der Waals surface area (Å²) in [4.78, 5) is 24.3. The smallest absolute Gasteiger partial charge is 0.418 e. The van der Waals surface area contributed by atoms with Crippen LogP contribution in [-0.2, 0) is 17.4 Å². The quantitative estimate of drug-likeness (QED) is 0.410. The minimum Gasteiger partial charge on any atom is -0.493 e. The number of carbonyl (C=O) groups excluding carboxylic acids is 1. The molecular formula is C28H28F3NO5. The second kappa shape index (κ2) is 11.0. The molecule has 4 rings (SSSR count). The molecule has 6 nitrogen and oxygen atoms in total. The van der Waals surface area contributed by atoms with Crippen LogP contribution in [-0.4, -0.2) is 29.1 Å². The lowest BCUT2D eigenvalue weighted by Gasteiger charge is -2.17. The van der Waals surface area contributed by atoms with Crippen LogP contribution in [0, 0.1) is 19.8 Å². The lowest BCUT2D eigenvalue weighted by Crippen LogP contribution is -2.19. The number of ether oxygens (including phenoxy) is 1. The second-order valence-electron chi connectivity index (χ2n) is 9.06. The van der Waals surface area contributed by atoms with Crippen molar-refractivity contribution in [3.05, 3.63) is 94.0 Å². The highest BCUT2D eigenvalue weighted by Gasteiger charge is 2.45. The summed E-state index contributed by atoms with van der Waals surface area (Å²) in [6, 6.07) is 16.6. The van der Waals surface area contributed by atoms with E-state index in [0.717, 1.165) is 11.6 Å². The maximum Gasteiger partial charge on any atom is 0.418 e. The summed E-state index contributed by atoms with van der Waals surface area (Å²) in [6.45, 7) is 3.85. The predicted octanol–water partition coefficient (Wildman–Crippen LogP) is 5.56. The Morgan fingerprint density at radius 1 is 1.03 bits per heavy atom. The maximum absolute atomic E-state index is 13.6. The van der Waals surface area contributed by atoms with Crippen molar-refractivity contribution in [1.29, 1.82) is 0 Å². The van der Waals surface area contributed by atoms with E-state index in [2.05, 4.69) is 5.32 Å². The van der Waals surface area contributed by atoms with Crippen molar-refractivity contribution in [2.75, 3.05) is 11.9 Å². The number of carbonyl (C=O) groups is 2. The van der Waals surface area contributed by atoms with E-state index in [1.54, 1.807) is 26.0 Å². The van der Waals surface area contributed by atoms with Gasteiger partial charge in [-0.25, -0.2) is 0 Å². The first-order valence-corrected chi connectivity index (χ1v) is 11.6. The van der Waals surface area contributed by atoms with E-state index in [0.29, 0.717) is 41.9 Å². The van der Waals surface area contributed by atoms with Crippen LogP contribution in [0.1, 0.15) is 50.5 Å². The van der Waals surface area contributed by atoms with Crippen molar-refractivity contribution in [3.63, 3.8) is 0 Å². The summed E-state index contributed by atoms with van der Waals surface area (Å²) in [6.07, 6.45) is -3.61. The van der Waals surface area contributed by atoms with Gasteiger partial charge in [0.1, 0.15) is 5.75 Å². The van der Waals surface area contributed by atoms with Crippen molar-refractivity contribution in [3.8, 4) is 5.75 Å². The lowest BCUT2D eigenvalue weighted by molar-refractivity contribution is -0.139. The Kier molecular flexibility index (Phi) is 8.28. The highest BCUT2D eigenvalue weighted by molar-refractivity contribution is 6.07. The highest BCUT2D eigenvalue weighted by atomic mass is 19.4. The first kappa shape index (κ1) is 27.7. The van der Waals surface area contributed by atoms with Gasteiger partial charge in [-0.2, -0.15) is 13.2 Å². The zero-order valence-corrected chi connectivity index (χ0v) is 20.4. The molecule has 3 aromatic carbocycles. The number of rotatable bonds is 8. The number of alkyl halides is 3. The molecule has 1 aliphatic carbocycles. The van der Waals surface area contributed by atoms with E-state index >= 15 is 0 Å². The summed E-state index contributed by atoms with van der Waals surface area (Å²) >= 11 is 0. The minimum absolute atomic E-state index is 0. The average molecular weight is 516 g/mol. The number of halogens is 3. The first-order chi connectivity index (χ1) is 17.0. The molecule has 0 bridgehead atoms. The Morgan fingerprint density at radius 2 is 1.68 bits per heavy atom. The third-order valence-electron chi connectivity index (χ3n) is 6.37. The Labute approximate surface area is 212 Å². The Hall–Kier alpha value is -3.85. The van der Waals surface area contributed by atoms with Crippen LogP contribution >= 0.6 is 0 Å². The molecule has 3 aromatic rings. The fraction of sp³-hybridized carbons (Fsp3) is 0.286. The van der Waals surface area contributed by atoms with Crippen LogP contribution < -0.4 is 10.1 Å². The van der Waals surface area contributed by atoms with E-state index in [-0.39, 0.29) is 22.6 Å². The molecule has 0 heterocycles. The Bertz CT molecular complexity index is 1270. The molecule has 0 unspecified atom stereocenters. The molecule has 1 saturated carbocycles. The Balaban J connectivity index is 0.00000380. The molecule has 0 radical (unpaired) electrons. The zero-order valence-electron chi connectivity index (χ0n) is 20.4. The van der Waals surface area contributed by atoms with Gasteiger partial charge in [0.2, 0.25) is 0 Å². The molecule has 0 aliphatic heterocycles. The van der Waals surface area contributed by atoms with E-state index in [4.69, 9.17) is 9.84 Å². The number of hydrogen-bond acceptors (Lipinski definition) is 3. The fourth-order valence-corrected chi connectivity index (χ4v) is 4.46. The van der Waals surface area contributed by atoms with Crippen molar-refractivity contribution in [2.45, 2.75) is 38.8 Å². The minimum atomic E-state index is -4.68. The molecular weight excluding hydrogens is 487 g/mol. The summed E-state index contributed by atoms with van der Waals surface area (Å²) < 4.78 is 46.8. The largest absolute Gasteiger partial charge is 0.493 e. The normalized spacial score (nSPS) is 16.5. The molecule has 9 heteroatoms. The van der Waals surface area contributed by atoms with Gasteiger partial charge < -0.3 is 20.6 Å². The van der Waals surface area contributed by atoms with Gasteiger partial charge in [-0.15, -0.1) is 0 Å². The molecule has 4 N–H and O–H groups in total. The highest BCUT2D eigenvalue weighted by Crippen LogP contribution is 2.49. The summed E-state index contributed by atoms with van der Waals surface area (Å²) in [5.41, 5.74) is 1.62. The van der Waals surface area contributed by atoms with Crippen LogP contribution in [0.25, 0.3) is 0 Å².